The summed E-state index contributed by atoms with van der Waals surface area (Å²) in [6, 6.07) is 19.3. The van der Waals surface area contributed by atoms with Crippen LogP contribution in [0.1, 0.15) is 0 Å². The van der Waals surface area contributed by atoms with Gasteiger partial charge in [0.1, 0.15) is 6.61 Å². The molecule has 30 heavy (non-hydrogen) atoms. The van der Waals surface area contributed by atoms with Crippen molar-refractivity contribution in [1.82, 2.24) is 0 Å². The van der Waals surface area contributed by atoms with E-state index in [1.54, 1.807) is 36.4 Å². The van der Waals surface area contributed by atoms with Gasteiger partial charge in [-0.25, -0.2) is 8.42 Å². The molecule has 1 heterocycles. The Bertz CT molecular complexity index is 1180. The van der Waals surface area contributed by atoms with Crippen molar-refractivity contribution in [2.75, 3.05) is 16.6 Å². The van der Waals surface area contributed by atoms with E-state index in [1.165, 1.54) is 30.3 Å². The van der Waals surface area contributed by atoms with Crippen LogP contribution < -0.4 is 19.5 Å². The van der Waals surface area contributed by atoms with Crippen LogP contribution in [0, 0.1) is 0 Å². The van der Waals surface area contributed by atoms with Crippen LogP contribution in [0.15, 0.2) is 77.7 Å². The Hall–Kier alpha value is -3.23. The smallest absolute Gasteiger partial charge is 0.269 e. The number of nitrogens with one attached hydrogen (secondary N) is 2. The molecule has 0 fully saturated rings. The van der Waals surface area contributed by atoms with Crippen LogP contribution in [-0.4, -0.2) is 27.0 Å². The molecule has 1 unspecified atom stereocenters. The van der Waals surface area contributed by atoms with E-state index in [0.717, 1.165) is 0 Å². The fraction of sp³-hybridized carbons (Fsp3) is 0.0952. The van der Waals surface area contributed by atoms with Crippen LogP contribution in [0.3, 0.4) is 0 Å². The van der Waals surface area contributed by atoms with Crippen LogP contribution in [0.5, 0.6) is 11.5 Å². The van der Waals surface area contributed by atoms with E-state index >= 15 is 0 Å². The number of halogens is 1. The molecule has 2 N–H and O–H groups in total. The molecule has 4 rings (SSSR count). The molecule has 0 radical (unpaired) electrons. The molecule has 0 spiro atoms. The third kappa shape index (κ3) is 4.50. The number of fused-ring (bicyclic) bond motifs is 1. The zero-order valence-corrected chi connectivity index (χ0v) is 17.1. The predicted molar refractivity (Wildman–Crippen MR) is 114 cm³/mol. The van der Waals surface area contributed by atoms with Gasteiger partial charge in [0.15, 0.2) is 11.5 Å². The number of amides is 1. The highest BCUT2D eigenvalue weighted by Crippen LogP contribution is 2.31. The third-order valence-electron chi connectivity index (χ3n) is 4.31. The lowest BCUT2D eigenvalue weighted by molar-refractivity contribution is -0.125. The average Bonchev–Trinajstić information content (AvgIpc) is 2.73. The minimum Gasteiger partial charge on any atom is -0.485 e. The fourth-order valence-corrected chi connectivity index (χ4v) is 4.09. The Labute approximate surface area is 178 Å². The number of hydrogen-bond donors (Lipinski definition) is 2. The maximum atomic E-state index is 12.5. The lowest BCUT2D eigenvalue weighted by Gasteiger charge is -2.25. The molecule has 1 aliphatic rings. The van der Waals surface area contributed by atoms with Crippen LogP contribution in [0.2, 0.25) is 5.02 Å². The molecule has 0 aliphatic carbocycles. The van der Waals surface area contributed by atoms with Crippen molar-refractivity contribution in [2.45, 2.75) is 11.0 Å². The Morgan fingerprint density at radius 1 is 0.933 bits per heavy atom. The summed E-state index contributed by atoms with van der Waals surface area (Å²) in [5, 5.41) is 3.12. The lowest BCUT2D eigenvalue weighted by atomic mass is 10.2. The maximum absolute atomic E-state index is 12.5. The van der Waals surface area contributed by atoms with E-state index in [9.17, 15) is 13.2 Å². The number of benzene rings is 3. The van der Waals surface area contributed by atoms with Gasteiger partial charge in [-0.1, -0.05) is 29.8 Å². The summed E-state index contributed by atoms with van der Waals surface area (Å²) in [6.07, 6.45) is -0.812. The summed E-state index contributed by atoms with van der Waals surface area (Å²) in [4.78, 5) is 12.5. The Kier molecular flexibility index (Phi) is 5.52. The quantitative estimate of drug-likeness (QED) is 0.622. The van der Waals surface area contributed by atoms with Crippen molar-refractivity contribution in [1.29, 1.82) is 0 Å². The number of anilines is 2. The van der Waals surface area contributed by atoms with E-state index in [2.05, 4.69) is 10.0 Å². The summed E-state index contributed by atoms with van der Waals surface area (Å²) in [7, 11) is -3.80. The molecule has 0 aromatic heterocycles. The molecule has 3 aromatic rings. The van der Waals surface area contributed by atoms with Gasteiger partial charge in [-0.05, 0) is 54.6 Å². The third-order valence-corrected chi connectivity index (χ3v) is 5.94. The average molecular weight is 445 g/mol. The minimum absolute atomic E-state index is 0.0478. The van der Waals surface area contributed by atoms with E-state index in [1.807, 2.05) is 6.07 Å². The SMILES string of the molecule is O=C(Nc1ccc(S(=O)(=O)Nc2cccc(Cl)c2)cc1)C1COc2ccccc2O1. The summed E-state index contributed by atoms with van der Waals surface area (Å²) in [6.45, 7) is 0.0822. The lowest BCUT2D eigenvalue weighted by Crippen LogP contribution is -2.40. The summed E-state index contributed by atoms with van der Waals surface area (Å²) in [5.74, 6) is 0.693. The van der Waals surface area contributed by atoms with Crippen molar-refractivity contribution < 1.29 is 22.7 Å². The van der Waals surface area contributed by atoms with Gasteiger partial charge in [0.25, 0.3) is 15.9 Å². The van der Waals surface area contributed by atoms with E-state index in [0.29, 0.717) is 27.9 Å². The second kappa shape index (κ2) is 8.25. The number of ether oxygens (including phenoxy) is 2. The summed E-state index contributed by atoms with van der Waals surface area (Å²) < 4.78 is 38.7. The monoisotopic (exact) mass is 444 g/mol. The van der Waals surface area contributed by atoms with Crippen LogP contribution in [0.4, 0.5) is 11.4 Å². The van der Waals surface area contributed by atoms with Gasteiger partial charge in [-0.2, -0.15) is 0 Å². The van der Waals surface area contributed by atoms with Crippen LogP contribution >= 0.6 is 11.6 Å². The van der Waals surface area contributed by atoms with E-state index in [4.69, 9.17) is 21.1 Å². The van der Waals surface area contributed by atoms with E-state index < -0.39 is 22.0 Å². The highest BCUT2D eigenvalue weighted by atomic mass is 35.5. The minimum atomic E-state index is -3.80. The molecule has 7 nitrogen and oxygen atoms in total. The Morgan fingerprint density at radius 3 is 2.40 bits per heavy atom. The molecule has 1 amide bonds. The Balaban J connectivity index is 1.42. The summed E-state index contributed by atoms with van der Waals surface area (Å²) >= 11 is 5.89. The van der Waals surface area contributed by atoms with Crippen molar-refractivity contribution in [3.05, 3.63) is 77.8 Å². The molecule has 0 saturated heterocycles. The number of para-hydroxylation sites is 2. The zero-order valence-electron chi connectivity index (χ0n) is 15.5. The molecule has 0 bridgehead atoms. The topological polar surface area (TPSA) is 93.7 Å². The molecule has 1 aliphatic heterocycles. The van der Waals surface area contributed by atoms with E-state index in [-0.39, 0.29) is 11.5 Å². The number of hydrogen-bond acceptors (Lipinski definition) is 5. The highest BCUT2D eigenvalue weighted by molar-refractivity contribution is 7.92. The van der Waals surface area contributed by atoms with Crippen LogP contribution in [0.25, 0.3) is 0 Å². The molecule has 9 heteroatoms. The first-order valence-corrected chi connectivity index (χ1v) is 10.8. The first-order chi connectivity index (χ1) is 14.4. The van der Waals surface area contributed by atoms with Crippen molar-refractivity contribution in [3.63, 3.8) is 0 Å². The van der Waals surface area contributed by atoms with Gasteiger partial charge in [0, 0.05) is 10.7 Å². The van der Waals surface area contributed by atoms with Crippen LogP contribution in [-0.2, 0) is 14.8 Å². The highest BCUT2D eigenvalue weighted by Gasteiger charge is 2.27. The standard InChI is InChI=1S/C21H17ClN2O5S/c22-14-4-3-5-16(12-14)24-30(26,27)17-10-8-15(9-11-17)23-21(25)20-13-28-18-6-1-2-7-19(18)29-20/h1-12,20,24H,13H2,(H,23,25). The molecule has 0 saturated carbocycles. The molecule has 3 aromatic carbocycles. The number of carbonyl (C=O) groups is 1. The van der Waals surface area contributed by atoms with Gasteiger partial charge in [-0.15, -0.1) is 0 Å². The van der Waals surface area contributed by atoms with Gasteiger partial charge in [-0.3, -0.25) is 9.52 Å². The fourth-order valence-electron chi connectivity index (χ4n) is 2.85. The normalized spacial score (nSPS) is 15.3. The predicted octanol–water partition coefficient (Wildman–Crippen LogP) is 3.92. The largest absolute Gasteiger partial charge is 0.485 e. The molecule has 154 valence electrons. The van der Waals surface area contributed by atoms with Crippen molar-refractivity contribution in [2.24, 2.45) is 0 Å². The van der Waals surface area contributed by atoms with Gasteiger partial charge < -0.3 is 14.8 Å². The maximum Gasteiger partial charge on any atom is 0.269 e. The second-order valence-electron chi connectivity index (χ2n) is 6.49. The van der Waals surface area contributed by atoms with Gasteiger partial charge in [0.05, 0.1) is 10.6 Å². The van der Waals surface area contributed by atoms with Gasteiger partial charge >= 0.3 is 0 Å². The molecular formula is C21H17ClN2O5S. The Morgan fingerprint density at radius 2 is 1.67 bits per heavy atom. The number of sulfonamides is 1. The number of carbonyl (C=O) groups excluding carboxylic acids is 1. The summed E-state index contributed by atoms with van der Waals surface area (Å²) in [5.41, 5.74) is 0.791. The second-order valence-corrected chi connectivity index (χ2v) is 8.61. The first kappa shape index (κ1) is 20.1. The van der Waals surface area contributed by atoms with Gasteiger partial charge in [0.2, 0.25) is 6.10 Å². The first-order valence-electron chi connectivity index (χ1n) is 8.98. The van der Waals surface area contributed by atoms with Crippen molar-refractivity contribution >= 4 is 38.9 Å². The number of rotatable bonds is 5. The molecule has 1 atom stereocenters. The molecular weight excluding hydrogens is 428 g/mol. The van der Waals surface area contributed by atoms with Crippen molar-refractivity contribution in [3.8, 4) is 11.5 Å². The zero-order chi connectivity index (χ0) is 21.1.